The molecule has 0 unspecified atom stereocenters. The minimum atomic E-state index is 0.890. The molecule has 1 heteroatoms. The third kappa shape index (κ3) is 2.92. The summed E-state index contributed by atoms with van der Waals surface area (Å²) < 4.78 is 0. The molecule has 0 heterocycles. The van der Waals surface area contributed by atoms with Gasteiger partial charge >= 0.3 is 0 Å². The second kappa shape index (κ2) is 5.26. The highest BCUT2D eigenvalue weighted by atomic mass is 14.9. The first-order chi connectivity index (χ1) is 8.56. The first kappa shape index (κ1) is 12.7. The molecule has 0 aliphatic heterocycles. The van der Waals surface area contributed by atoms with Gasteiger partial charge in [-0.1, -0.05) is 29.8 Å². The average molecular weight is 239 g/mol. The van der Waals surface area contributed by atoms with E-state index in [9.17, 15) is 0 Å². The number of nitrogens with one attached hydrogen (secondary N) is 1. The molecule has 0 spiro atoms. The van der Waals surface area contributed by atoms with E-state index in [-0.39, 0.29) is 0 Å². The van der Waals surface area contributed by atoms with E-state index < -0.39 is 0 Å². The van der Waals surface area contributed by atoms with Gasteiger partial charge in [0.1, 0.15) is 0 Å². The summed E-state index contributed by atoms with van der Waals surface area (Å²) in [6, 6.07) is 13.0. The zero-order valence-corrected chi connectivity index (χ0v) is 11.7. The lowest BCUT2D eigenvalue weighted by molar-refractivity contribution is 1.08. The van der Waals surface area contributed by atoms with E-state index in [4.69, 9.17) is 0 Å². The molecule has 0 saturated carbocycles. The van der Waals surface area contributed by atoms with Gasteiger partial charge in [-0.05, 0) is 62.1 Å². The fraction of sp³-hybridized carbons (Fsp3) is 0.294. The molecule has 0 fully saturated rings. The van der Waals surface area contributed by atoms with Gasteiger partial charge in [0.2, 0.25) is 0 Å². The summed E-state index contributed by atoms with van der Waals surface area (Å²) in [5.74, 6) is 0. The molecule has 2 aromatic carbocycles. The lowest BCUT2D eigenvalue weighted by atomic mass is 10.00. The molecule has 18 heavy (non-hydrogen) atoms. The Morgan fingerprint density at radius 2 is 1.50 bits per heavy atom. The summed E-state index contributed by atoms with van der Waals surface area (Å²) in [5, 5.41) is 3.50. The summed E-state index contributed by atoms with van der Waals surface area (Å²) in [6.45, 7) is 9.53. The number of anilines is 1. The first-order valence-corrected chi connectivity index (χ1v) is 6.43. The van der Waals surface area contributed by atoms with Gasteiger partial charge in [-0.2, -0.15) is 0 Å². The number of rotatable bonds is 3. The highest BCUT2D eigenvalue weighted by Crippen LogP contribution is 2.18. The van der Waals surface area contributed by atoms with Gasteiger partial charge in [0, 0.05) is 12.2 Å². The average Bonchev–Trinajstić information content (AvgIpc) is 2.27. The van der Waals surface area contributed by atoms with Crippen molar-refractivity contribution in [2.24, 2.45) is 0 Å². The third-order valence-electron chi connectivity index (χ3n) is 3.33. The molecule has 0 radical (unpaired) electrons. The van der Waals surface area contributed by atoms with Crippen LogP contribution in [0.2, 0.25) is 0 Å². The van der Waals surface area contributed by atoms with Crippen LogP contribution in [0.4, 0.5) is 5.69 Å². The van der Waals surface area contributed by atoms with Crippen molar-refractivity contribution in [1.29, 1.82) is 0 Å². The van der Waals surface area contributed by atoms with Crippen LogP contribution >= 0.6 is 0 Å². The fourth-order valence-corrected chi connectivity index (χ4v) is 2.43. The lowest BCUT2D eigenvalue weighted by Crippen LogP contribution is -2.04. The van der Waals surface area contributed by atoms with Crippen molar-refractivity contribution in [3.63, 3.8) is 0 Å². The third-order valence-corrected chi connectivity index (χ3v) is 3.33. The second-order valence-electron chi connectivity index (χ2n) is 5.10. The van der Waals surface area contributed by atoms with Crippen molar-refractivity contribution in [2.75, 3.05) is 5.32 Å². The van der Waals surface area contributed by atoms with Gasteiger partial charge < -0.3 is 5.32 Å². The van der Waals surface area contributed by atoms with E-state index in [1.807, 2.05) is 0 Å². The Morgan fingerprint density at radius 1 is 0.833 bits per heavy atom. The standard InChI is InChI=1S/C17H21N/c1-12-6-5-7-16(10-12)18-11-17-14(3)8-13(2)9-15(17)4/h5-10,18H,11H2,1-4H3. The normalized spacial score (nSPS) is 10.4. The van der Waals surface area contributed by atoms with E-state index in [0.717, 1.165) is 6.54 Å². The largest absolute Gasteiger partial charge is 0.381 e. The minimum Gasteiger partial charge on any atom is -0.381 e. The van der Waals surface area contributed by atoms with Crippen LogP contribution < -0.4 is 5.32 Å². The lowest BCUT2D eigenvalue weighted by Gasteiger charge is -2.13. The van der Waals surface area contributed by atoms with Gasteiger partial charge in [-0.15, -0.1) is 0 Å². The molecule has 0 saturated heterocycles. The van der Waals surface area contributed by atoms with Gasteiger partial charge in [-0.25, -0.2) is 0 Å². The highest BCUT2D eigenvalue weighted by molar-refractivity contribution is 5.47. The number of aryl methyl sites for hydroxylation is 4. The molecule has 0 atom stereocenters. The Labute approximate surface area is 110 Å². The van der Waals surface area contributed by atoms with Crippen molar-refractivity contribution in [3.8, 4) is 0 Å². The minimum absolute atomic E-state index is 0.890. The first-order valence-electron chi connectivity index (χ1n) is 6.43. The predicted molar refractivity (Wildman–Crippen MR) is 79.2 cm³/mol. The van der Waals surface area contributed by atoms with Gasteiger partial charge in [0.25, 0.3) is 0 Å². The molecular formula is C17H21N. The van der Waals surface area contributed by atoms with Crippen LogP contribution in [-0.4, -0.2) is 0 Å². The summed E-state index contributed by atoms with van der Waals surface area (Å²) >= 11 is 0. The Balaban J connectivity index is 2.16. The molecule has 0 amide bonds. The SMILES string of the molecule is Cc1cccc(NCc2c(C)cc(C)cc2C)c1. The van der Waals surface area contributed by atoms with Crippen molar-refractivity contribution in [2.45, 2.75) is 34.2 Å². The Hall–Kier alpha value is -1.76. The molecule has 0 aromatic heterocycles. The smallest absolute Gasteiger partial charge is 0.0406 e. The molecule has 2 aromatic rings. The summed E-state index contributed by atoms with van der Waals surface area (Å²) in [4.78, 5) is 0. The fourth-order valence-electron chi connectivity index (χ4n) is 2.43. The van der Waals surface area contributed by atoms with Crippen LogP contribution in [0.5, 0.6) is 0 Å². The molecule has 0 bridgehead atoms. The van der Waals surface area contributed by atoms with Crippen LogP contribution in [0.25, 0.3) is 0 Å². The molecule has 2 rings (SSSR count). The molecule has 1 N–H and O–H groups in total. The van der Waals surface area contributed by atoms with E-state index in [2.05, 4.69) is 69.4 Å². The van der Waals surface area contributed by atoms with Crippen LogP contribution in [-0.2, 0) is 6.54 Å². The van der Waals surface area contributed by atoms with Crippen LogP contribution in [0.15, 0.2) is 36.4 Å². The van der Waals surface area contributed by atoms with Crippen LogP contribution in [0.3, 0.4) is 0 Å². The number of benzene rings is 2. The topological polar surface area (TPSA) is 12.0 Å². The summed E-state index contributed by atoms with van der Waals surface area (Å²) in [6.07, 6.45) is 0. The molecule has 0 aliphatic carbocycles. The second-order valence-corrected chi connectivity index (χ2v) is 5.10. The van der Waals surface area contributed by atoms with Crippen molar-refractivity contribution in [1.82, 2.24) is 0 Å². The molecular weight excluding hydrogens is 218 g/mol. The molecule has 0 aliphatic rings. The monoisotopic (exact) mass is 239 g/mol. The summed E-state index contributed by atoms with van der Waals surface area (Å²) in [5.41, 5.74) is 7.96. The maximum atomic E-state index is 3.50. The van der Waals surface area contributed by atoms with Crippen molar-refractivity contribution in [3.05, 3.63) is 64.2 Å². The Morgan fingerprint density at radius 3 is 2.11 bits per heavy atom. The zero-order valence-electron chi connectivity index (χ0n) is 11.7. The van der Waals surface area contributed by atoms with Crippen molar-refractivity contribution >= 4 is 5.69 Å². The number of hydrogen-bond donors (Lipinski definition) is 1. The van der Waals surface area contributed by atoms with Crippen LogP contribution in [0, 0.1) is 27.7 Å². The van der Waals surface area contributed by atoms with E-state index in [0.29, 0.717) is 0 Å². The van der Waals surface area contributed by atoms with Gasteiger partial charge in [0.05, 0.1) is 0 Å². The van der Waals surface area contributed by atoms with Crippen molar-refractivity contribution < 1.29 is 0 Å². The Kier molecular flexibility index (Phi) is 3.71. The van der Waals surface area contributed by atoms with E-state index in [1.54, 1.807) is 0 Å². The van der Waals surface area contributed by atoms with Crippen LogP contribution in [0.1, 0.15) is 27.8 Å². The predicted octanol–water partition coefficient (Wildman–Crippen LogP) is 4.53. The molecule has 1 nitrogen and oxygen atoms in total. The van der Waals surface area contributed by atoms with Gasteiger partial charge in [0.15, 0.2) is 0 Å². The van der Waals surface area contributed by atoms with E-state index in [1.165, 1.54) is 33.5 Å². The maximum Gasteiger partial charge on any atom is 0.0406 e. The highest BCUT2D eigenvalue weighted by Gasteiger charge is 2.03. The van der Waals surface area contributed by atoms with E-state index >= 15 is 0 Å². The number of hydrogen-bond acceptors (Lipinski definition) is 1. The summed E-state index contributed by atoms with van der Waals surface area (Å²) in [7, 11) is 0. The Bertz CT molecular complexity index is 532. The molecule has 94 valence electrons. The quantitative estimate of drug-likeness (QED) is 0.829. The zero-order chi connectivity index (χ0) is 13.1. The maximum absolute atomic E-state index is 3.50. The van der Waals surface area contributed by atoms with Gasteiger partial charge in [-0.3, -0.25) is 0 Å².